The zero-order valence-corrected chi connectivity index (χ0v) is 19.6. The van der Waals surface area contributed by atoms with E-state index >= 15 is 0 Å². The first-order chi connectivity index (χ1) is 14.9. The monoisotopic (exact) mass is 556 g/mol. The second kappa shape index (κ2) is 8.77. The predicted octanol–water partition coefficient (Wildman–Crippen LogP) is -1.28. The molecule has 3 heterocycles. The number of aromatic amines is 2. The molecule has 186 valence electrons. The fraction of sp³-hybridized carbons (Fsp3) is 0.545. The number of hydrogen-bond acceptors (Lipinski definition) is 11. The normalized spacial score (nSPS) is 29.7. The van der Waals surface area contributed by atoms with Gasteiger partial charge in [-0.1, -0.05) is 4.98 Å². The van der Waals surface area contributed by atoms with E-state index < -0.39 is 58.9 Å². The van der Waals surface area contributed by atoms with Crippen molar-refractivity contribution in [3.8, 4) is 0 Å². The molecule has 6 atom stereocenters. The topological polar surface area (TPSA) is 281 Å². The van der Waals surface area contributed by atoms with Gasteiger partial charge in [-0.25, -0.2) is 18.3 Å². The number of nitrogens with zero attached hydrogens (tertiary/aromatic N) is 2. The third-order valence-corrected chi connectivity index (χ3v) is 8.51. The number of phosphoric acid groups is 3. The molecule has 1 aliphatic rings. The van der Waals surface area contributed by atoms with Crippen LogP contribution in [-0.2, 0) is 31.6 Å². The maximum absolute atomic E-state index is 12.0. The number of anilines is 1. The molecule has 0 aromatic carbocycles. The van der Waals surface area contributed by atoms with Crippen LogP contribution in [0.3, 0.4) is 0 Å². The van der Waals surface area contributed by atoms with Crippen molar-refractivity contribution in [1.82, 2.24) is 15.0 Å². The minimum Gasteiger partial charge on any atom is -0.388 e. The second-order valence-corrected chi connectivity index (χ2v) is 12.1. The minimum absolute atomic E-state index is 0.00599. The van der Waals surface area contributed by atoms with Gasteiger partial charge in [0.25, 0.3) is 11.5 Å². The maximum atomic E-state index is 12.0. The van der Waals surface area contributed by atoms with Crippen molar-refractivity contribution in [2.45, 2.75) is 30.2 Å². The van der Waals surface area contributed by atoms with Crippen LogP contribution in [0.5, 0.6) is 0 Å². The highest BCUT2D eigenvalue weighted by Gasteiger charge is 2.56. The second-order valence-electron chi connectivity index (χ2n) is 6.84. The number of alkyl halides is 1. The molecule has 1 fully saturated rings. The Balaban J connectivity index is 1.78. The molecule has 9 N–H and O–H groups in total. The summed E-state index contributed by atoms with van der Waals surface area (Å²) in [6.45, 7) is 0.403. The van der Waals surface area contributed by atoms with Crippen LogP contribution in [0, 0.1) is 0 Å². The van der Waals surface area contributed by atoms with E-state index in [-0.39, 0.29) is 17.1 Å². The van der Waals surface area contributed by atoms with E-state index in [9.17, 15) is 33.4 Å². The van der Waals surface area contributed by atoms with Crippen LogP contribution in [0.1, 0.15) is 13.2 Å². The van der Waals surface area contributed by atoms with Crippen molar-refractivity contribution in [1.29, 1.82) is 0 Å². The lowest BCUT2D eigenvalue weighted by atomic mass is 10.0. The van der Waals surface area contributed by atoms with Crippen LogP contribution < -0.4 is 15.9 Å². The standard InChI is InChI=1S/C11H17ClN5O13P3/c1-11(12)6(18)4(2-27-32(23,24)30-33(25,26)29-31(20,21)22)28-9(11)17-3-14-5-7(17)15-10(13)16-8(5)19/h3-4,6,9,18H,2H2,1H3,(H7,13,15,16,19,20,21,22,23,24,25,26)/p+1. The van der Waals surface area contributed by atoms with Gasteiger partial charge in [0.2, 0.25) is 11.7 Å². The number of fused-ring (bicyclic) bond motifs is 1. The smallest absolute Gasteiger partial charge is 0.388 e. The number of hydrogen-bond donors (Lipinski definition) is 8. The van der Waals surface area contributed by atoms with E-state index in [1.807, 2.05) is 0 Å². The first-order valence-corrected chi connectivity index (χ1v) is 13.4. The van der Waals surface area contributed by atoms with Gasteiger partial charge in [-0.15, -0.1) is 11.6 Å². The summed E-state index contributed by atoms with van der Waals surface area (Å²) in [7, 11) is -16.7. The Morgan fingerprint density at radius 2 is 1.91 bits per heavy atom. The van der Waals surface area contributed by atoms with Gasteiger partial charge in [-0.2, -0.15) is 8.62 Å². The number of halogens is 1. The number of nitrogens with two attached hydrogens (primary N) is 1. The summed E-state index contributed by atoms with van der Waals surface area (Å²) in [5, 5.41) is 10.5. The molecule has 0 radical (unpaired) electrons. The minimum atomic E-state index is -5.72. The van der Waals surface area contributed by atoms with E-state index in [0.29, 0.717) is 0 Å². The van der Waals surface area contributed by atoms with Crippen LogP contribution >= 0.6 is 35.1 Å². The molecule has 0 aliphatic carbocycles. The molecule has 0 spiro atoms. The van der Waals surface area contributed by atoms with Crippen LogP contribution in [-0.4, -0.2) is 63.3 Å². The molecule has 1 saturated heterocycles. The molecule has 33 heavy (non-hydrogen) atoms. The largest absolute Gasteiger partial charge is 0.490 e. The molecule has 3 rings (SSSR count). The fourth-order valence-corrected chi connectivity index (χ4v) is 6.32. The molecule has 2 aromatic heterocycles. The Morgan fingerprint density at radius 3 is 2.52 bits per heavy atom. The van der Waals surface area contributed by atoms with E-state index in [1.54, 1.807) is 0 Å². The van der Waals surface area contributed by atoms with Crippen molar-refractivity contribution in [3.63, 3.8) is 0 Å². The number of phosphoric ester groups is 1. The van der Waals surface area contributed by atoms with Crippen LogP contribution in [0.4, 0.5) is 5.95 Å². The molecule has 22 heteroatoms. The number of nitrogens with one attached hydrogen (secondary N) is 2. The quantitative estimate of drug-likeness (QED) is 0.107. The Bertz CT molecular complexity index is 1260. The summed E-state index contributed by atoms with van der Waals surface area (Å²) >= 11 is 6.42. The fourth-order valence-electron chi connectivity index (χ4n) is 2.99. The molecular weight excluding hydrogens is 539 g/mol. The molecule has 1 aliphatic heterocycles. The van der Waals surface area contributed by atoms with Crippen LogP contribution in [0.2, 0.25) is 0 Å². The Morgan fingerprint density at radius 1 is 1.27 bits per heavy atom. The summed E-state index contributed by atoms with van der Waals surface area (Å²) in [5.41, 5.74) is 4.96. The van der Waals surface area contributed by atoms with Gasteiger partial charge in [0.15, 0.2) is 6.33 Å². The number of rotatable bonds is 8. The van der Waals surface area contributed by atoms with Gasteiger partial charge < -0.3 is 35.2 Å². The molecule has 0 saturated carbocycles. The Kier molecular flexibility index (Phi) is 7.01. The number of aliphatic hydroxyl groups excluding tert-OH is 1. The highest BCUT2D eigenvalue weighted by Crippen LogP contribution is 2.66. The van der Waals surface area contributed by atoms with Crippen molar-refractivity contribution < 1.29 is 60.8 Å². The van der Waals surface area contributed by atoms with E-state index in [2.05, 4.69) is 28.1 Å². The number of H-pyrrole nitrogens is 2. The van der Waals surface area contributed by atoms with Crippen molar-refractivity contribution >= 4 is 52.2 Å². The average molecular weight is 557 g/mol. The molecule has 2 aromatic rings. The first kappa shape index (κ1) is 26.4. The van der Waals surface area contributed by atoms with E-state index in [0.717, 1.165) is 0 Å². The van der Waals surface area contributed by atoms with Crippen LogP contribution in [0.15, 0.2) is 11.1 Å². The zero-order valence-electron chi connectivity index (χ0n) is 16.2. The van der Waals surface area contributed by atoms with E-state index in [1.165, 1.54) is 17.8 Å². The Hall–Kier alpha value is -1.23. The highest BCUT2D eigenvalue weighted by atomic mass is 35.5. The zero-order chi connectivity index (χ0) is 25.0. The molecule has 0 amide bonds. The lowest BCUT2D eigenvalue weighted by Gasteiger charge is -2.23. The summed E-state index contributed by atoms with van der Waals surface area (Å²) < 4.78 is 52.5. The number of ether oxygens (including phenoxy) is 1. The number of aromatic nitrogens is 4. The van der Waals surface area contributed by atoms with E-state index in [4.69, 9.17) is 31.9 Å². The number of imidazole rings is 1. The van der Waals surface area contributed by atoms with Gasteiger partial charge in [0.05, 0.1) is 6.61 Å². The van der Waals surface area contributed by atoms with Crippen molar-refractivity contribution in [2.75, 3.05) is 12.3 Å². The molecule has 6 unspecified atom stereocenters. The van der Waals surface area contributed by atoms with Gasteiger partial charge in [0.1, 0.15) is 17.1 Å². The SMILES string of the molecule is CC1(Cl)C(O)C(COP(=O)(O)OP(=O)(O)OP(=O)(O)O)OC1[n+]1c[nH]c2c(=O)[nH]c(N)nc21. The van der Waals surface area contributed by atoms with Crippen molar-refractivity contribution in [3.05, 3.63) is 16.7 Å². The third-order valence-electron chi connectivity index (χ3n) is 4.30. The number of aliphatic hydroxyl groups is 1. The Labute approximate surface area is 187 Å². The molecular formula is C11H18ClN5O13P3+. The lowest BCUT2D eigenvalue weighted by molar-refractivity contribution is -0.742. The van der Waals surface area contributed by atoms with Gasteiger partial charge in [0, 0.05) is 0 Å². The molecule has 0 bridgehead atoms. The predicted molar refractivity (Wildman–Crippen MR) is 105 cm³/mol. The average Bonchev–Trinajstić information content (AvgIpc) is 3.10. The number of nitrogen functional groups attached to an aromatic ring is 1. The molecule has 18 nitrogen and oxygen atoms in total. The van der Waals surface area contributed by atoms with Gasteiger partial charge in [-0.3, -0.25) is 19.3 Å². The summed E-state index contributed by atoms with van der Waals surface area (Å²) in [4.78, 5) is 55.1. The van der Waals surface area contributed by atoms with Gasteiger partial charge in [-0.05, 0) is 6.92 Å². The first-order valence-electron chi connectivity index (χ1n) is 8.51. The van der Waals surface area contributed by atoms with Gasteiger partial charge >= 0.3 is 29.1 Å². The van der Waals surface area contributed by atoms with Crippen LogP contribution in [0.25, 0.3) is 11.2 Å². The summed E-state index contributed by atoms with van der Waals surface area (Å²) in [6, 6.07) is 0. The third kappa shape index (κ3) is 5.89. The summed E-state index contributed by atoms with van der Waals surface area (Å²) in [6.07, 6.45) is -2.98. The highest BCUT2D eigenvalue weighted by molar-refractivity contribution is 7.66. The lowest BCUT2D eigenvalue weighted by Crippen LogP contribution is -2.50. The maximum Gasteiger partial charge on any atom is 0.490 e. The van der Waals surface area contributed by atoms with Crippen molar-refractivity contribution in [2.24, 2.45) is 0 Å². The summed E-state index contributed by atoms with van der Waals surface area (Å²) in [5.74, 6) is -0.222.